The molecule has 3 rings (SSSR count). The van der Waals surface area contributed by atoms with E-state index in [2.05, 4.69) is 10.0 Å². The Morgan fingerprint density at radius 3 is 2.26 bits per heavy atom. The van der Waals surface area contributed by atoms with Gasteiger partial charge in [-0.2, -0.15) is 0 Å². The zero-order valence-corrected chi connectivity index (χ0v) is 23.7. The van der Waals surface area contributed by atoms with Crippen LogP contribution in [0.25, 0.3) is 0 Å². The van der Waals surface area contributed by atoms with E-state index in [0.29, 0.717) is 31.8 Å². The first-order valence-corrected chi connectivity index (χ1v) is 14.5. The van der Waals surface area contributed by atoms with Gasteiger partial charge in [-0.15, -0.1) is 0 Å². The fourth-order valence-corrected chi connectivity index (χ4v) is 6.03. The largest absolute Gasteiger partial charge is 0.497 e. The van der Waals surface area contributed by atoms with E-state index in [1.54, 1.807) is 0 Å². The number of hydrogen-bond acceptors (Lipinski definition) is 7. The Labute approximate surface area is 230 Å². The molecule has 2 aromatic carbocycles. The molecule has 1 amide bonds. The normalized spacial score (nSPS) is 17.8. The lowest BCUT2D eigenvalue weighted by Gasteiger charge is -2.37. The Hall–Kier alpha value is -2.70. The molecule has 0 saturated carbocycles. The van der Waals surface area contributed by atoms with E-state index < -0.39 is 45.5 Å². The van der Waals surface area contributed by atoms with Gasteiger partial charge in [0.15, 0.2) is 5.79 Å². The van der Waals surface area contributed by atoms with E-state index in [1.165, 1.54) is 31.4 Å². The third kappa shape index (κ3) is 9.18. The molecule has 0 radical (unpaired) electrons. The van der Waals surface area contributed by atoms with Crippen LogP contribution < -0.4 is 14.8 Å². The highest BCUT2D eigenvalue weighted by atomic mass is 32.2. The summed E-state index contributed by atoms with van der Waals surface area (Å²) in [6.07, 6.45) is -1.08. The van der Waals surface area contributed by atoms with Crippen molar-refractivity contribution < 1.29 is 37.6 Å². The van der Waals surface area contributed by atoms with E-state index in [9.17, 15) is 23.4 Å². The maximum Gasteiger partial charge on any atom is 0.404 e. The molecule has 2 aromatic rings. The van der Waals surface area contributed by atoms with Crippen molar-refractivity contribution >= 4 is 16.1 Å². The standard InChI is InChI=1S/C28H40N2O8S/c1-27(2,14-15-28(3)37-16-17-38-28)19-24(30-39(34,35)22-12-10-21(36-4)11-13-22)25(31)23(29-26(32)33)18-20-8-6-5-7-9-20/h5-13,23-25,29-31H,14-19H2,1-4H3,(H,32,33)/t23-,24?,25+/m0/s1. The summed E-state index contributed by atoms with van der Waals surface area (Å²) in [5, 5.41) is 23.5. The van der Waals surface area contributed by atoms with Gasteiger partial charge < -0.3 is 29.7 Å². The highest BCUT2D eigenvalue weighted by molar-refractivity contribution is 7.89. The second-order valence-electron chi connectivity index (χ2n) is 10.8. The number of ether oxygens (including phenoxy) is 3. The van der Waals surface area contributed by atoms with E-state index in [4.69, 9.17) is 14.2 Å². The Morgan fingerprint density at radius 2 is 1.69 bits per heavy atom. The van der Waals surface area contributed by atoms with Crippen LogP contribution >= 0.6 is 0 Å². The molecule has 1 fully saturated rings. The number of carbonyl (C=O) groups is 1. The maximum absolute atomic E-state index is 13.4. The molecule has 3 atom stereocenters. The van der Waals surface area contributed by atoms with Crippen LogP contribution in [-0.4, -0.2) is 69.0 Å². The number of benzene rings is 2. The summed E-state index contributed by atoms with van der Waals surface area (Å²) < 4.78 is 46.1. The molecule has 1 saturated heterocycles. The van der Waals surface area contributed by atoms with E-state index >= 15 is 0 Å². The van der Waals surface area contributed by atoms with Gasteiger partial charge in [0.2, 0.25) is 10.0 Å². The smallest absolute Gasteiger partial charge is 0.404 e. The summed E-state index contributed by atoms with van der Waals surface area (Å²) in [4.78, 5) is 11.7. The van der Waals surface area contributed by atoms with Crippen molar-refractivity contribution in [3.63, 3.8) is 0 Å². The molecule has 0 aliphatic carbocycles. The van der Waals surface area contributed by atoms with Gasteiger partial charge in [0, 0.05) is 6.42 Å². The number of rotatable bonds is 14. The summed E-state index contributed by atoms with van der Waals surface area (Å²) in [5.74, 6) is -0.209. The van der Waals surface area contributed by atoms with Gasteiger partial charge >= 0.3 is 6.09 Å². The van der Waals surface area contributed by atoms with Crippen molar-refractivity contribution in [1.82, 2.24) is 10.0 Å². The van der Waals surface area contributed by atoms with Crippen LogP contribution in [-0.2, 0) is 25.9 Å². The van der Waals surface area contributed by atoms with Gasteiger partial charge in [0.25, 0.3) is 0 Å². The first kappa shape index (κ1) is 30.8. The second kappa shape index (κ2) is 13.1. The highest BCUT2D eigenvalue weighted by Gasteiger charge is 2.38. The first-order valence-electron chi connectivity index (χ1n) is 13.0. The Morgan fingerprint density at radius 1 is 1.08 bits per heavy atom. The predicted octanol–water partition coefficient (Wildman–Crippen LogP) is 3.54. The average Bonchev–Trinajstić information content (AvgIpc) is 3.33. The molecule has 11 heteroatoms. The van der Waals surface area contributed by atoms with E-state index in [1.807, 2.05) is 51.1 Å². The van der Waals surface area contributed by atoms with Crippen LogP contribution in [0.2, 0.25) is 0 Å². The number of methoxy groups -OCH3 is 1. The average molecular weight is 565 g/mol. The van der Waals surface area contributed by atoms with Crippen LogP contribution in [0.3, 0.4) is 0 Å². The zero-order chi connectivity index (χ0) is 28.7. The molecule has 4 N–H and O–H groups in total. The lowest BCUT2D eigenvalue weighted by molar-refractivity contribution is -0.151. The van der Waals surface area contributed by atoms with Crippen molar-refractivity contribution in [3.05, 3.63) is 60.2 Å². The van der Waals surface area contributed by atoms with Crippen molar-refractivity contribution in [2.75, 3.05) is 20.3 Å². The summed E-state index contributed by atoms with van der Waals surface area (Å²) in [7, 11) is -2.58. The van der Waals surface area contributed by atoms with Gasteiger partial charge in [-0.05, 0) is 61.4 Å². The molecule has 0 aromatic heterocycles. The summed E-state index contributed by atoms with van der Waals surface area (Å²) >= 11 is 0. The number of hydrogen-bond donors (Lipinski definition) is 4. The van der Waals surface area contributed by atoms with Crippen LogP contribution in [0.15, 0.2) is 59.5 Å². The van der Waals surface area contributed by atoms with E-state index in [-0.39, 0.29) is 17.7 Å². The summed E-state index contributed by atoms with van der Waals surface area (Å²) in [6.45, 7) is 6.86. The first-order chi connectivity index (χ1) is 18.3. The minimum atomic E-state index is -4.07. The van der Waals surface area contributed by atoms with Crippen LogP contribution in [0.4, 0.5) is 4.79 Å². The van der Waals surface area contributed by atoms with Gasteiger partial charge in [-0.3, -0.25) is 0 Å². The van der Waals surface area contributed by atoms with Crippen molar-refractivity contribution in [3.8, 4) is 5.75 Å². The SMILES string of the molecule is COc1ccc(S(=O)(=O)NC(CC(C)(C)CCC2(C)OCCO2)[C@H](O)[C@H](Cc2ccccc2)NC(=O)O)cc1. The summed E-state index contributed by atoms with van der Waals surface area (Å²) in [6, 6.07) is 13.1. The number of carboxylic acid groups (broad SMARTS) is 1. The molecule has 0 bridgehead atoms. The van der Waals surface area contributed by atoms with Crippen molar-refractivity contribution in [1.29, 1.82) is 0 Å². The molecule has 1 unspecified atom stereocenters. The van der Waals surface area contributed by atoms with E-state index in [0.717, 1.165) is 5.56 Å². The molecule has 1 aliphatic rings. The Bertz CT molecular complexity index is 1170. The van der Waals surface area contributed by atoms with Crippen LogP contribution in [0.5, 0.6) is 5.75 Å². The Kier molecular flexibility index (Phi) is 10.4. The third-order valence-electron chi connectivity index (χ3n) is 7.03. The summed E-state index contributed by atoms with van der Waals surface area (Å²) in [5.41, 5.74) is 0.335. The molecular weight excluding hydrogens is 524 g/mol. The fraction of sp³-hybridized carbons (Fsp3) is 0.536. The molecule has 1 heterocycles. The predicted molar refractivity (Wildman–Crippen MR) is 146 cm³/mol. The molecule has 1 aliphatic heterocycles. The minimum absolute atomic E-state index is 0.00405. The fourth-order valence-electron chi connectivity index (χ4n) is 4.78. The van der Waals surface area contributed by atoms with Gasteiger partial charge in [-0.1, -0.05) is 44.2 Å². The van der Waals surface area contributed by atoms with Crippen LogP contribution in [0, 0.1) is 5.41 Å². The molecule has 216 valence electrons. The highest BCUT2D eigenvalue weighted by Crippen LogP contribution is 2.35. The van der Waals surface area contributed by atoms with Crippen LogP contribution in [0.1, 0.15) is 45.6 Å². The lowest BCUT2D eigenvalue weighted by atomic mass is 9.78. The minimum Gasteiger partial charge on any atom is -0.497 e. The molecule has 0 spiro atoms. The van der Waals surface area contributed by atoms with Crippen molar-refractivity contribution in [2.24, 2.45) is 5.41 Å². The second-order valence-corrected chi connectivity index (χ2v) is 12.6. The zero-order valence-electron chi connectivity index (χ0n) is 22.9. The topological polar surface area (TPSA) is 143 Å². The number of aliphatic hydroxyl groups is 1. The number of nitrogens with one attached hydrogen (secondary N) is 2. The van der Waals surface area contributed by atoms with Gasteiger partial charge in [0.1, 0.15) is 5.75 Å². The third-order valence-corrected chi connectivity index (χ3v) is 8.54. The monoisotopic (exact) mass is 564 g/mol. The molecule has 39 heavy (non-hydrogen) atoms. The molecule has 10 nitrogen and oxygen atoms in total. The number of amides is 1. The molecular formula is C28H40N2O8S. The number of sulfonamides is 1. The van der Waals surface area contributed by atoms with Crippen molar-refractivity contribution in [2.45, 2.75) is 75.3 Å². The van der Waals surface area contributed by atoms with Gasteiger partial charge in [-0.25, -0.2) is 17.9 Å². The maximum atomic E-state index is 13.4. The Balaban J connectivity index is 1.88. The number of aliphatic hydroxyl groups excluding tert-OH is 1. The van der Waals surface area contributed by atoms with Gasteiger partial charge in [0.05, 0.1) is 43.4 Å². The quantitative estimate of drug-likeness (QED) is 0.273. The lowest BCUT2D eigenvalue weighted by Crippen LogP contribution is -2.56.